The highest BCUT2D eigenvalue weighted by atomic mass is 35.5. The molecule has 172 valence electrons. The zero-order valence-electron chi connectivity index (χ0n) is 18.3. The van der Waals surface area contributed by atoms with Crippen LogP contribution in [0.5, 0.6) is 0 Å². The van der Waals surface area contributed by atoms with E-state index in [1.807, 2.05) is 43.3 Å². The summed E-state index contributed by atoms with van der Waals surface area (Å²) >= 11 is 6.30. The van der Waals surface area contributed by atoms with Gasteiger partial charge >= 0.3 is 0 Å². The molecule has 0 radical (unpaired) electrons. The minimum Gasteiger partial charge on any atom is -0.322 e. The number of halogens is 1. The first kappa shape index (κ1) is 23.5. The van der Waals surface area contributed by atoms with Crippen molar-refractivity contribution >= 4 is 38.9 Å². The van der Waals surface area contributed by atoms with Crippen LogP contribution in [0.15, 0.2) is 96.2 Å². The number of hydrogen-bond donors (Lipinski definition) is 2. The molecule has 0 aliphatic rings. The Kier molecular flexibility index (Phi) is 6.95. The molecule has 4 rings (SSSR count). The van der Waals surface area contributed by atoms with E-state index in [4.69, 9.17) is 11.6 Å². The fourth-order valence-electron chi connectivity index (χ4n) is 3.33. The Morgan fingerprint density at radius 1 is 0.853 bits per heavy atom. The van der Waals surface area contributed by atoms with E-state index in [1.165, 1.54) is 30.3 Å². The summed E-state index contributed by atoms with van der Waals surface area (Å²) in [6.45, 7) is 1.88. The van der Waals surface area contributed by atoms with Crippen molar-refractivity contribution in [2.24, 2.45) is 0 Å². The van der Waals surface area contributed by atoms with Crippen molar-refractivity contribution in [1.29, 1.82) is 0 Å². The number of aryl methyl sites for hydroxylation is 1. The largest absolute Gasteiger partial charge is 0.322 e. The smallest absolute Gasteiger partial charge is 0.261 e. The van der Waals surface area contributed by atoms with Gasteiger partial charge in [-0.05, 0) is 79.1 Å². The Hall–Kier alpha value is -3.68. The molecule has 6 nitrogen and oxygen atoms in total. The van der Waals surface area contributed by atoms with Gasteiger partial charge in [0.05, 0.1) is 21.2 Å². The number of amides is 1. The lowest BCUT2D eigenvalue weighted by Crippen LogP contribution is -2.15. The first-order chi connectivity index (χ1) is 16.3. The van der Waals surface area contributed by atoms with Gasteiger partial charge in [0, 0.05) is 18.1 Å². The quantitative estimate of drug-likeness (QED) is 0.347. The molecule has 0 atom stereocenters. The van der Waals surface area contributed by atoms with Crippen LogP contribution < -0.4 is 10.0 Å². The lowest BCUT2D eigenvalue weighted by molar-refractivity contribution is 0.102. The van der Waals surface area contributed by atoms with Crippen molar-refractivity contribution in [3.05, 3.63) is 119 Å². The molecule has 0 unspecified atom stereocenters. The topological polar surface area (TPSA) is 88.2 Å². The highest BCUT2D eigenvalue weighted by Gasteiger charge is 2.16. The van der Waals surface area contributed by atoms with E-state index >= 15 is 0 Å². The third-order valence-electron chi connectivity index (χ3n) is 5.17. The van der Waals surface area contributed by atoms with E-state index in [0.29, 0.717) is 5.69 Å². The maximum Gasteiger partial charge on any atom is 0.261 e. The minimum atomic E-state index is -3.77. The number of pyridine rings is 1. The summed E-state index contributed by atoms with van der Waals surface area (Å²) in [4.78, 5) is 16.9. The standard InChI is InChI=1S/C26H22ClN3O3S/c1-18-2-9-23(10-3-18)34(32,33)30-22-8-11-24(25(27)17-22)26(31)29-21-6-4-19(5-7-21)16-20-12-14-28-15-13-20/h2-15,17,30H,16H2,1H3,(H,29,31). The predicted molar refractivity (Wildman–Crippen MR) is 135 cm³/mol. The van der Waals surface area contributed by atoms with Gasteiger partial charge in [-0.25, -0.2) is 8.42 Å². The number of anilines is 2. The van der Waals surface area contributed by atoms with Crippen LogP contribution in [0, 0.1) is 6.92 Å². The molecule has 4 aromatic rings. The molecule has 34 heavy (non-hydrogen) atoms. The normalized spacial score (nSPS) is 11.1. The molecule has 1 amide bonds. The maximum absolute atomic E-state index is 12.7. The molecule has 3 aromatic carbocycles. The Balaban J connectivity index is 1.42. The van der Waals surface area contributed by atoms with E-state index in [-0.39, 0.29) is 27.1 Å². The molecule has 0 saturated heterocycles. The molecule has 1 heterocycles. The van der Waals surface area contributed by atoms with Crippen LogP contribution in [0.2, 0.25) is 5.02 Å². The average Bonchev–Trinajstić information content (AvgIpc) is 2.81. The van der Waals surface area contributed by atoms with Crippen LogP contribution >= 0.6 is 11.6 Å². The summed E-state index contributed by atoms with van der Waals surface area (Å²) in [5.74, 6) is -0.389. The zero-order valence-corrected chi connectivity index (χ0v) is 19.9. The second-order valence-corrected chi connectivity index (χ2v) is 9.89. The van der Waals surface area contributed by atoms with Crippen LogP contribution in [-0.4, -0.2) is 19.3 Å². The summed E-state index contributed by atoms with van der Waals surface area (Å²) in [5.41, 5.74) is 4.34. The number of nitrogens with one attached hydrogen (secondary N) is 2. The van der Waals surface area contributed by atoms with Crippen LogP contribution in [0.4, 0.5) is 11.4 Å². The van der Waals surface area contributed by atoms with Gasteiger partial charge in [-0.2, -0.15) is 0 Å². The number of aromatic nitrogens is 1. The van der Waals surface area contributed by atoms with Crippen LogP contribution in [-0.2, 0) is 16.4 Å². The second-order valence-electron chi connectivity index (χ2n) is 7.80. The van der Waals surface area contributed by atoms with Crippen molar-refractivity contribution in [3.8, 4) is 0 Å². The highest BCUT2D eigenvalue weighted by molar-refractivity contribution is 7.92. The molecule has 0 bridgehead atoms. The average molecular weight is 492 g/mol. The van der Waals surface area contributed by atoms with Gasteiger partial charge in [0.25, 0.3) is 15.9 Å². The SMILES string of the molecule is Cc1ccc(S(=O)(=O)Nc2ccc(C(=O)Nc3ccc(Cc4ccncc4)cc3)c(Cl)c2)cc1. The molecule has 0 saturated carbocycles. The van der Waals surface area contributed by atoms with Crippen molar-refractivity contribution in [2.75, 3.05) is 10.0 Å². The van der Waals surface area contributed by atoms with Gasteiger partial charge < -0.3 is 5.32 Å². The van der Waals surface area contributed by atoms with Gasteiger partial charge in [-0.1, -0.05) is 41.4 Å². The summed E-state index contributed by atoms with van der Waals surface area (Å²) in [6, 6.07) is 22.4. The third kappa shape index (κ3) is 5.81. The third-order valence-corrected chi connectivity index (χ3v) is 6.88. The Morgan fingerprint density at radius 2 is 1.47 bits per heavy atom. The molecule has 0 aliphatic carbocycles. The van der Waals surface area contributed by atoms with Crippen molar-refractivity contribution in [1.82, 2.24) is 4.98 Å². The molecule has 1 aromatic heterocycles. The van der Waals surface area contributed by atoms with Gasteiger partial charge in [-0.15, -0.1) is 0 Å². The monoisotopic (exact) mass is 491 g/mol. The van der Waals surface area contributed by atoms with Gasteiger partial charge in [0.15, 0.2) is 0 Å². The van der Waals surface area contributed by atoms with Crippen molar-refractivity contribution < 1.29 is 13.2 Å². The molecule has 0 fully saturated rings. The predicted octanol–water partition coefficient (Wildman–Crippen LogP) is 5.69. The fraction of sp³-hybridized carbons (Fsp3) is 0.0769. The molecule has 0 aliphatic heterocycles. The summed E-state index contributed by atoms with van der Waals surface area (Å²) < 4.78 is 27.7. The van der Waals surface area contributed by atoms with E-state index in [0.717, 1.165) is 23.1 Å². The van der Waals surface area contributed by atoms with Crippen molar-refractivity contribution in [3.63, 3.8) is 0 Å². The Labute approximate surface area is 203 Å². The van der Waals surface area contributed by atoms with Crippen LogP contribution in [0.1, 0.15) is 27.0 Å². The van der Waals surface area contributed by atoms with E-state index < -0.39 is 10.0 Å². The van der Waals surface area contributed by atoms with Gasteiger partial charge in [-0.3, -0.25) is 14.5 Å². The van der Waals surface area contributed by atoms with E-state index in [9.17, 15) is 13.2 Å². The number of benzene rings is 3. The summed E-state index contributed by atoms with van der Waals surface area (Å²) in [6.07, 6.45) is 4.28. The summed E-state index contributed by atoms with van der Waals surface area (Å²) in [7, 11) is -3.77. The molecule has 0 spiro atoms. The fourth-order valence-corrected chi connectivity index (χ4v) is 4.65. The molecular formula is C26H22ClN3O3S. The first-order valence-corrected chi connectivity index (χ1v) is 12.3. The lowest BCUT2D eigenvalue weighted by Gasteiger charge is -2.11. The highest BCUT2D eigenvalue weighted by Crippen LogP contribution is 2.25. The molecular weight excluding hydrogens is 470 g/mol. The van der Waals surface area contributed by atoms with Crippen LogP contribution in [0.25, 0.3) is 0 Å². The number of carbonyl (C=O) groups is 1. The molecule has 2 N–H and O–H groups in total. The van der Waals surface area contributed by atoms with Crippen molar-refractivity contribution in [2.45, 2.75) is 18.2 Å². The number of hydrogen-bond acceptors (Lipinski definition) is 4. The van der Waals surface area contributed by atoms with E-state index in [2.05, 4.69) is 15.0 Å². The maximum atomic E-state index is 12.7. The Bertz CT molecular complexity index is 1410. The van der Waals surface area contributed by atoms with Gasteiger partial charge in [0.2, 0.25) is 0 Å². The van der Waals surface area contributed by atoms with Gasteiger partial charge in [0.1, 0.15) is 0 Å². The summed E-state index contributed by atoms with van der Waals surface area (Å²) in [5, 5.41) is 2.95. The number of rotatable bonds is 7. The van der Waals surface area contributed by atoms with Crippen LogP contribution in [0.3, 0.4) is 0 Å². The number of nitrogens with zero attached hydrogens (tertiary/aromatic N) is 1. The Morgan fingerprint density at radius 3 is 2.12 bits per heavy atom. The lowest BCUT2D eigenvalue weighted by atomic mass is 10.1. The minimum absolute atomic E-state index is 0.135. The zero-order chi connectivity index (χ0) is 24.1. The second kappa shape index (κ2) is 10.1. The number of sulfonamides is 1. The molecule has 8 heteroatoms. The van der Waals surface area contributed by atoms with E-state index in [1.54, 1.807) is 24.5 Å². The first-order valence-electron chi connectivity index (χ1n) is 10.5. The number of carbonyl (C=O) groups excluding carboxylic acids is 1.